The Morgan fingerprint density at radius 3 is 3.00 bits per heavy atom. The second-order valence-corrected chi connectivity index (χ2v) is 4.89. The summed E-state index contributed by atoms with van der Waals surface area (Å²) in [5, 5.41) is 3.20. The minimum absolute atomic E-state index is 0.1000. The number of nitrogens with zero attached hydrogens (tertiary/aromatic N) is 1. The van der Waals surface area contributed by atoms with Crippen LogP contribution < -0.4 is 16.0 Å². The van der Waals surface area contributed by atoms with Gasteiger partial charge in [-0.05, 0) is 36.7 Å². The first-order valence-corrected chi connectivity index (χ1v) is 6.65. The van der Waals surface area contributed by atoms with Crippen LogP contribution in [0.2, 0.25) is 0 Å². The molecule has 2 rings (SSSR count). The van der Waals surface area contributed by atoms with Crippen molar-refractivity contribution in [3.63, 3.8) is 0 Å². The lowest BCUT2D eigenvalue weighted by Gasteiger charge is -2.22. The summed E-state index contributed by atoms with van der Waals surface area (Å²) in [4.78, 5) is 13.3. The van der Waals surface area contributed by atoms with Crippen LogP contribution in [0.5, 0.6) is 0 Å². The fourth-order valence-electron chi connectivity index (χ4n) is 2.48. The topological polar surface area (TPSA) is 58.4 Å². The van der Waals surface area contributed by atoms with E-state index in [2.05, 4.69) is 10.2 Å². The molecule has 1 fully saturated rings. The highest BCUT2D eigenvalue weighted by Gasteiger charge is 2.27. The van der Waals surface area contributed by atoms with Crippen molar-refractivity contribution in [1.82, 2.24) is 5.32 Å². The van der Waals surface area contributed by atoms with Gasteiger partial charge in [0.25, 0.3) is 0 Å². The van der Waals surface area contributed by atoms with Crippen LogP contribution in [0.3, 0.4) is 0 Å². The molecule has 104 valence electrons. The molecule has 1 saturated heterocycles. The summed E-state index contributed by atoms with van der Waals surface area (Å²) >= 11 is 0. The second-order valence-electron chi connectivity index (χ2n) is 4.89. The maximum atomic E-state index is 13.3. The van der Waals surface area contributed by atoms with E-state index in [1.54, 1.807) is 12.1 Å². The monoisotopic (exact) mass is 265 g/mol. The SMILES string of the molecule is CCNCc1cc(F)ccc1N1CCC(C(N)=O)C1. The van der Waals surface area contributed by atoms with Crippen LogP contribution in [0.4, 0.5) is 10.1 Å². The van der Waals surface area contributed by atoms with Crippen LogP contribution in [0, 0.1) is 11.7 Å². The molecule has 0 spiro atoms. The van der Waals surface area contributed by atoms with E-state index in [0.29, 0.717) is 13.1 Å². The highest BCUT2D eigenvalue weighted by molar-refractivity contribution is 5.78. The molecule has 0 aliphatic carbocycles. The van der Waals surface area contributed by atoms with Gasteiger partial charge < -0.3 is 16.0 Å². The van der Waals surface area contributed by atoms with Crippen LogP contribution in [-0.4, -0.2) is 25.5 Å². The van der Waals surface area contributed by atoms with Crippen LogP contribution in [0.1, 0.15) is 18.9 Å². The fraction of sp³-hybridized carbons (Fsp3) is 0.500. The zero-order valence-electron chi connectivity index (χ0n) is 11.2. The first kappa shape index (κ1) is 13.8. The molecule has 0 saturated carbocycles. The standard InChI is InChI=1S/C14H20FN3O/c1-2-17-8-11-7-12(15)3-4-13(11)18-6-5-10(9-18)14(16)19/h3-4,7,10,17H,2,5-6,8-9H2,1H3,(H2,16,19). The van der Waals surface area contributed by atoms with Crippen molar-refractivity contribution in [2.75, 3.05) is 24.5 Å². The first-order valence-electron chi connectivity index (χ1n) is 6.65. The number of nitrogens with one attached hydrogen (secondary N) is 1. The number of primary amides is 1. The molecule has 3 N–H and O–H groups in total. The normalized spacial score (nSPS) is 18.8. The Bertz CT molecular complexity index is 464. The van der Waals surface area contributed by atoms with Crippen LogP contribution >= 0.6 is 0 Å². The van der Waals surface area contributed by atoms with E-state index in [1.807, 2.05) is 6.92 Å². The van der Waals surface area contributed by atoms with Crippen molar-refractivity contribution >= 4 is 11.6 Å². The second kappa shape index (κ2) is 6.02. The molecule has 1 aromatic rings. The van der Waals surface area contributed by atoms with E-state index in [4.69, 9.17) is 5.73 Å². The summed E-state index contributed by atoms with van der Waals surface area (Å²) < 4.78 is 13.3. The Kier molecular flexibility index (Phi) is 4.37. The van der Waals surface area contributed by atoms with Crippen molar-refractivity contribution in [2.24, 2.45) is 11.7 Å². The molecule has 1 aliphatic heterocycles. The predicted octanol–water partition coefficient (Wildman–Crippen LogP) is 1.25. The van der Waals surface area contributed by atoms with Crippen molar-refractivity contribution in [2.45, 2.75) is 19.9 Å². The lowest BCUT2D eigenvalue weighted by molar-refractivity contribution is -0.121. The molecule has 1 unspecified atom stereocenters. The maximum Gasteiger partial charge on any atom is 0.222 e. The third kappa shape index (κ3) is 3.23. The molecule has 19 heavy (non-hydrogen) atoms. The zero-order chi connectivity index (χ0) is 13.8. The molecule has 0 radical (unpaired) electrons. The highest BCUT2D eigenvalue weighted by atomic mass is 19.1. The van der Waals surface area contributed by atoms with Gasteiger partial charge in [-0.25, -0.2) is 4.39 Å². The summed E-state index contributed by atoms with van der Waals surface area (Å²) in [5.41, 5.74) is 7.26. The molecule has 1 amide bonds. The van der Waals surface area contributed by atoms with E-state index >= 15 is 0 Å². The number of hydrogen-bond donors (Lipinski definition) is 2. The van der Waals surface area contributed by atoms with Crippen LogP contribution in [0.15, 0.2) is 18.2 Å². The van der Waals surface area contributed by atoms with E-state index < -0.39 is 0 Å². The van der Waals surface area contributed by atoms with Gasteiger partial charge in [-0.1, -0.05) is 6.92 Å². The Labute approximate surface area is 112 Å². The minimum Gasteiger partial charge on any atom is -0.370 e. The average Bonchev–Trinajstić information content (AvgIpc) is 2.86. The number of carbonyl (C=O) groups is 1. The zero-order valence-corrected chi connectivity index (χ0v) is 11.2. The van der Waals surface area contributed by atoms with Gasteiger partial charge in [0.15, 0.2) is 0 Å². The minimum atomic E-state index is -0.252. The van der Waals surface area contributed by atoms with Gasteiger partial charge in [0, 0.05) is 25.3 Å². The van der Waals surface area contributed by atoms with Crippen LogP contribution in [0.25, 0.3) is 0 Å². The Balaban J connectivity index is 2.17. The van der Waals surface area contributed by atoms with Crippen molar-refractivity contribution in [3.05, 3.63) is 29.6 Å². The van der Waals surface area contributed by atoms with Gasteiger partial charge in [-0.2, -0.15) is 0 Å². The van der Waals surface area contributed by atoms with Crippen molar-refractivity contribution < 1.29 is 9.18 Å². The average molecular weight is 265 g/mol. The largest absolute Gasteiger partial charge is 0.370 e. The lowest BCUT2D eigenvalue weighted by atomic mass is 10.1. The number of nitrogens with two attached hydrogens (primary N) is 1. The molecule has 1 aliphatic rings. The molecule has 1 atom stereocenters. The van der Waals surface area contributed by atoms with Gasteiger partial charge in [0.1, 0.15) is 5.82 Å². The van der Waals surface area contributed by atoms with Gasteiger partial charge in [-0.3, -0.25) is 4.79 Å². The third-order valence-electron chi connectivity index (χ3n) is 3.54. The van der Waals surface area contributed by atoms with Crippen molar-refractivity contribution in [3.8, 4) is 0 Å². The molecular weight excluding hydrogens is 245 g/mol. The van der Waals surface area contributed by atoms with Crippen molar-refractivity contribution in [1.29, 1.82) is 0 Å². The number of benzene rings is 1. The molecule has 0 aromatic heterocycles. The van der Waals surface area contributed by atoms with E-state index in [-0.39, 0.29) is 17.6 Å². The summed E-state index contributed by atoms with van der Waals surface area (Å²) in [7, 11) is 0. The maximum absolute atomic E-state index is 13.3. The highest BCUT2D eigenvalue weighted by Crippen LogP contribution is 2.27. The van der Waals surface area contributed by atoms with Gasteiger partial charge in [0.05, 0.1) is 5.92 Å². The quantitative estimate of drug-likeness (QED) is 0.842. The first-order chi connectivity index (χ1) is 9.11. The molecule has 1 aromatic carbocycles. The summed E-state index contributed by atoms with van der Waals surface area (Å²) in [6.07, 6.45) is 0.771. The van der Waals surface area contributed by atoms with Gasteiger partial charge in [-0.15, -0.1) is 0 Å². The van der Waals surface area contributed by atoms with Gasteiger partial charge in [0.2, 0.25) is 5.91 Å². The molecule has 0 bridgehead atoms. The Morgan fingerprint density at radius 2 is 2.37 bits per heavy atom. The number of halogens is 1. The number of hydrogen-bond acceptors (Lipinski definition) is 3. The number of carbonyl (C=O) groups excluding carboxylic acids is 1. The summed E-state index contributed by atoms with van der Waals surface area (Å²) in [5.74, 6) is -0.586. The molecule has 1 heterocycles. The predicted molar refractivity (Wildman–Crippen MR) is 73.3 cm³/mol. The molecular formula is C14H20FN3O. The number of rotatable bonds is 5. The summed E-state index contributed by atoms with van der Waals surface area (Å²) in [6.45, 7) is 4.89. The fourth-order valence-corrected chi connectivity index (χ4v) is 2.48. The number of amides is 1. The van der Waals surface area contributed by atoms with Gasteiger partial charge >= 0.3 is 0 Å². The van der Waals surface area contributed by atoms with E-state index in [9.17, 15) is 9.18 Å². The van der Waals surface area contributed by atoms with E-state index in [0.717, 1.165) is 30.8 Å². The smallest absolute Gasteiger partial charge is 0.222 e. The lowest BCUT2D eigenvalue weighted by Crippen LogP contribution is -2.28. The number of anilines is 1. The van der Waals surface area contributed by atoms with Crippen LogP contribution in [-0.2, 0) is 11.3 Å². The summed E-state index contributed by atoms with van der Waals surface area (Å²) in [6, 6.07) is 4.79. The molecule has 5 heteroatoms. The third-order valence-corrected chi connectivity index (χ3v) is 3.54. The van der Waals surface area contributed by atoms with E-state index in [1.165, 1.54) is 6.07 Å². The Hall–Kier alpha value is -1.62. The molecule has 4 nitrogen and oxygen atoms in total. The Morgan fingerprint density at radius 1 is 1.58 bits per heavy atom.